The summed E-state index contributed by atoms with van der Waals surface area (Å²) in [5, 5.41) is 86.9. The summed E-state index contributed by atoms with van der Waals surface area (Å²) in [4.78, 5) is 64.6. The summed E-state index contributed by atoms with van der Waals surface area (Å²) in [6.07, 6.45) is 10.1. The quantitative estimate of drug-likeness (QED) is 0.0651. The Labute approximate surface area is 457 Å². The molecule has 2 bridgehead atoms. The number of ether oxygens (including phenoxy) is 4. The van der Waals surface area contributed by atoms with E-state index in [1.807, 2.05) is 26.8 Å². The lowest BCUT2D eigenvalue weighted by atomic mass is 9.83. The summed E-state index contributed by atoms with van der Waals surface area (Å²) in [7, 11) is 0. The number of ketones is 3. The van der Waals surface area contributed by atoms with Crippen molar-refractivity contribution in [3.8, 4) is 0 Å². The van der Waals surface area contributed by atoms with E-state index in [1.165, 1.54) is 0 Å². The number of allylic oxidation sites excluding steroid dienone is 12. The first-order valence-electron chi connectivity index (χ1n) is 27.0. The van der Waals surface area contributed by atoms with Crippen molar-refractivity contribution in [3.63, 3.8) is 0 Å². The third-order valence-electron chi connectivity index (χ3n) is 14.4. The summed E-state index contributed by atoms with van der Waals surface area (Å²) < 4.78 is 23.8. The molecule has 432 valence electrons. The van der Waals surface area contributed by atoms with Crippen molar-refractivity contribution in [2.45, 2.75) is 190 Å². The van der Waals surface area contributed by atoms with Gasteiger partial charge >= 0.3 is 11.9 Å². The molecular formula is C59H84N2O17. The standard InChI is InChI=1S/C59H84N2O17/c1-36-19-15-13-11-9-7-5-6-8-10-12-14-16-24-46(76-58-55(71)53(61)54(70)39(4)75-58)32-50-52(57(72)73)49(68)35-59(74,78-50)34-45(65)23-18-21-43(63)30-42(62)20-17-22-44(64)31-51(69)77-56(36)38(3)29-37(2)47(66)33-48(67)40-25-27-41(60)28-26-40/h5-16,19,24-28,36-39,43,45-47,49-50,52-56,58,63,65-66,68,70-71,74H,17-18,20-23,29-35,60-61H2,1-4H3,(H,72,73)/b6-5+,9-7+,10-8+,13-11+,14-12+,19-15+,24-16+/t36?,37?,38?,39-,43?,45?,46?,47?,49?,50?,52?,53+,54-,55+,56?,58+,59?/m1/s1. The Balaban J connectivity index is 1.52. The normalized spacial score (nSPS) is 36.3. The minimum Gasteiger partial charge on any atom is -0.481 e. The number of carbonyl (C=O) groups is 5. The van der Waals surface area contributed by atoms with E-state index in [-0.39, 0.29) is 87.1 Å². The number of anilines is 1. The van der Waals surface area contributed by atoms with Crippen LogP contribution in [-0.2, 0) is 38.1 Å². The number of carboxylic acids is 1. The lowest BCUT2D eigenvalue weighted by Crippen LogP contribution is -2.61. The molecule has 2 fully saturated rings. The van der Waals surface area contributed by atoms with E-state index in [0.29, 0.717) is 17.7 Å². The third kappa shape index (κ3) is 22.1. The molecule has 0 spiro atoms. The molecule has 3 aliphatic rings. The van der Waals surface area contributed by atoms with Gasteiger partial charge in [0.25, 0.3) is 0 Å². The molecule has 0 amide bonds. The van der Waals surface area contributed by atoms with Gasteiger partial charge in [-0.05, 0) is 75.1 Å². The van der Waals surface area contributed by atoms with E-state index in [1.54, 1.807) is 110 Å². The maximum Gasteiger partial charge on any atom is 0.313 e. The van der Waals surface area contributed by atoms with Crippen LogP contribution in [0.4, 0.5) is 5.69 Å². The summed E-state index contributed by atoms with van der Waals surface area (Å²) in [5.41, 5.74) is 12.8. The highest BCUT2D eigenvalue weighted by Crippen LogP contribution is 2.38. The van der Waals surface area contributed by atoms with Crippen LogP contribution >= 0.6 is 0 Å². The zero-order chi connectivity index (χ0) is 57.5. The number of rotatable bonds is 10. The summed E-state index contributed by atoms with van der Waals surface area (Å²) in [6, 6.07) is 5.32. The van der Waals surface area contributed by atoms with Crippen LogP contribution in [0.3, 0.4) is 0 Å². The van der Waals surface area contributed by atoms with Crippen molar-refractivity contribution in [2.24, 2.45) is 29.4 Å². The van der Waals surface area contributed by atoms with Crippen LogP contribution in [0, 0.1) is 23.7 Å². The fourth-order valence-corrected chi connectivity index (χ4v) is 9.94. The van der Waals surface area contributed by atoms with Crippen molar-refractivity contribution >= 4 is 35.0 Å². The van der Waals surface area contributed by atoms with Gasteiger partial charge in [-0.15, -0.1) is 0 Å². The number of nitrogen functional groups attached to an aromatic ring is 1. The maximum absolute atomic E-state index is 13.3. The van der Waals surface area contributed by atoms with Gasteiger partial charge in [0.15, 0.2) is 17.9 Å². The molecule has 1 aromatic rings. The molecule has 0 aliphatic carbocycles. The molecule has 4 rings (SSSR count). The van der Waals surface area contributed by atoms with Gasteiger partial charge in [0, 0.05) is 62.1 Å². The predicted molar refractivity (Wildman–Crippen MR) is 291 cm³/mol. The second kappa shape index (κ2) is 32.7. The van der Waals surface area contributed by atoms with Gasteiger partial charge < -0.3 is 71.3 Å². The van der Waals surface area contributed by atoms with E-state index >= 15 is 0 Å². The first-order valence-corrected chi connectivity index (χ1v) is 27.0. The van der Waals surface area contributed by atoms with E-state index in [2.05, 4.69) is 0 Å². The van der Waals surface area contributed by atoms with E-state index < -0.39 is 122 Å². The monoisotopic (exact) mass is 1090 g/mol. The van der Waals surface area contributed by atoms with E-state index in [0.717, 1.165) is 0 Å². The number of hydrogen-bond acceptors (Lipinski definition) is 18. The molecule has 0 radical (unpaired) electrons. The lowest BCUT2D eigenvalue weighted by Gasteiger charge is -2.45. The first kappa shape index (κ1) is 65.2. The zero-order valence-electron chi connectivity index (χ0n) is 45.2. The summed E-state index contributed by atoms with van der Waals surface area (Å²) in [5.74, 6) is -7.87. The van der Waals surface area contributed by atoms with Gasteiger partial charge in [-0.3, -0.25) is 24.0 Å². The minimum atomic E-state index is -2.20. The molecule has 3 heterocycles. The van der Waals surface area contributed by atoms with Crippen molar-refractivity contribution in [1.82, 2.24) is 0 Å². The topological polar surface area (TPSA) is 336 Å². The maximum atomic E-state index is 13.3. The Bertz CT molecular complexity index is 2290. The fraction of sp³-hybridized carbons (Fsp3) is 0.576. The number of carboxylic acid groups (broad SMARTS) is 1. The second-order valence-electron chi connectivity index (χ2n) is 21.2. The Morgan fingerprint density at radius 3 is 1.97 bits per heavy atom. The number of aliphatic carboxylic acids is 1. The molecule has 0 saturated carbocycles. The number of benzene rings is 1. The van der Waals surface area contributed by atoms with Crippen molar-refractivity contribution in [2.75, 3.05) is 5.73 Å². The molecule has 17 atom stereocenters. The minimum absolute atomic E-state index is 0.0344. The molecule has 3 aliphatic heterocycles. The first-order chi connectivity index (χ1) is 37.0. The number of fused-ring (bicyclic) bond motifs is 2. The number of nitrogens with two attached hydrogens (primary N) is 2. The number of hydrogen-bond donors (Lipinski definition) is 10. The number of esters is 1. The Hall–Kier alpha value is -5.29. The molecule has 1 aromatic carbocycles. The summed E-state index contributed by atoms with van der Waals surface area (Å²) in [6.45, 7) is 7.13. The van der Waals surface area contributed by atoms with Gasteiger partial charge in [-0.1, -0.05) is 106 Å². The number of cyclic esters (lactones) is 1. The van der Waals surface area contributed by atoms with E-state index in [9.17, 15) is 64.8 Å². The Morgan fingerprint density at radius 1 is 0.782 bits per heavy atom. The highest BCUT2D eigenvalue weighted by molar-refractivity contribution is 5.97. The van der Waals surface area contributed by atoms with Crippen molar-refractivity contribution in [3.05, 3.63) is 115 Å². The van der Waals surface area contributed by atoms with Crippen LogP contribution < -0.4 is 11.5 Å². The van der Waals surface area contributed by atoms with Gasteiger partial charge in [0.2, 0.25) is 0 Å². The summed E-state index contributed by atoms with van der Waals surface area (Å²) >= 11 is 0. The number of carbonyl (C=O) groups excluding carboxylic acids is 4. The van der Waals surface area contributed by atoms with Gasteiger partial charge in [0.05, 0.1) is 54.9 Å². The van der Waals surface area contributed by atoms with E-state index in [4.69, 9.17) is 30.4 Å². The predicted octanol–water partition coefficient (Wildman–Crippen LogP) is 4.80. The van der Waals surface area contributed by atoms with Crippen LogP contribution in [0.25, 0.3) is 0 Å². The molecule has 19 heteroatoms. The fourth-order valence-electron chi connectivity index (χ4n) is 9.94. The molecule has 12 N–H and O–H groups in total. The number of aliphatic hydroxyl groups is 7. The smallest absolute Gasteiger partial charge is 0.313 e. The van der Waals surface area contributed by atoms with Crippen molar-refractivity contribution < 1.29 is 83.8 Å². The second-order valence-corrected chi connectivity index (χ2v) is 21.2. The SMILES string of the molecule is CC1/C=C/C=C/C=C/C=C/C=C/C=C/C=C/C(O[C@@H]2O[C@H](C)[C@@H](O)[C@H](N)[C@@H]2O)CC2OC(O)(CC(O)CCCC(O)CC(=O)CCCC(=O)CC(=O)OC1C(C)CC(C)C(O)CC(=O)c1ccc(N)cc1)CC(O)C2C(=O)O. The Kier molecular flexibility index (Phi) is 27.3. The highest BCUT2D eigenvalue weighted by atomic mass is 16.7. The third-order valence-corrected chi connectivity index (χ3v) is 14.4. The van der Waals surface area contributed by atoms with Crippen LogP contribution in [-0.4, -0.2) is 149 Å². The largest absolute Gasteiger partial charge is 0.481 e. The molecular weight excluding hydrogens is 1010 g/mol. The molecule has 12 unspecified atom stereocenters. The molecule has 2 saturated heterocycles. The lowest BCUT2D eigenvalue weighted by molar-refractivity contribution is -0.308. The van der Waals surface area contributed by atoms with Gasteiger partial charge in [0.1, 0.15) is 36.1 Å². The van der Waals surface area contributed by atoms with Crippen LogP contribution in [0.15, 0.2) is 109 Å². The average Bonchev–Trinajstić information content (AvgIpc) is 3.38. The van der Waals surface area contributed by atoms with Crippen LogP contribution in [0.1, 0.15) is 122 Å². The zero-order valence-corrected chi connectivity index (χ0v) is 45.2. The number of Topliss-reactive ketones (excluding diaryl/α,β-unsaturated/α-hetero) is 3. The van der Waals surface area contributed by atoms with Crippen LogP contribution in [0.5, 0.6) is 0 Å². The molecule has 0 aromatic heterocycles. The molecule has 19 nitrogen and oxygen atoms in total. The number of aliphatic hydroxyl groups excluding tert-OH is 6. The highest BCUT2D eigenvalue weighted by Gasteiger charge is 2.51. The van der Waals surface area contributed by atoms with Gasteiger partial charge in [-0.2, -0.15) is 0 Å². The molecule has 78 heavy (non-hydrogen) atoms. The van der Waals surface area contributed by atoms with Crippen molar-refractivity contribution in [1.29, 1.82) is 0 Å². The van der Waals surface area contributed by atoms with Crippen LogP contribution in [0.2, 0.25) is 0 Å². The van der Waals surface area contributed by atoms with Gasteiger partial charge in [-0.25, -0.2) is 0 Å². The Morgan fingerprint density at radius 2 is 1.36 bits per heavy atom. The average molecular weight is 1090 g/mol.